The molecule has 3 fully saturated rings. The van der Waals surface area contributed by atoms with Crippen molar-refractivity contribution in [2.24, 2.45) is 0 Å². The van der Waals surface area contributed by atoms with E-state index in [0.29, 0.717) is 6.42 Å². The third-order valence-electron chi connectivity index (χ3n) is 6.74. The van der Waals surface area contributed by atoms with Crippen molar-refractivity contribution >= 4 is 0 Å². The van der Waals surface area contributed by atoms with Gasteiger partial charge in [-0.15, -0.1) is 0 Å². The first-order valence-corrected chi connectivity index (χ1v) is 11.7. The van der Waals surface area contributed by atoms with E-state index in [-0.39, 0.29) is 0 Å². The monoisotopic (exact) mass is 530 g/mol. The first kappa shape index (κ1) is 29.9. The fourth-order valence-corrected chi connectivity index (χ4v) is 4.45. The van der Waals surface area contributed by atoms with Gasteiger partial charge in [-0.3, -0.25) is 0 Å². The highest BCUT2D eigenvalue weighted by Crippen LogP contribution is 2.28. The van der Waals surface area contributed by atoms with Gasteiger partial charge in [-0.25, -0.2) is 0 Å². The molecule has 0 bridgehead atoms. The summed E-state index contributed by atoms with van der Waals surface area (Å²) in [5.74, 6) is 0. The molecule has 3 rings (SSSR count). The molecule has 212 valence electrons. The fraction of sp³-hybridized carbons (Fsp3) is 1.00. The van der Waals surface area contributed by atoms with Gasteiger partial charge in [-0.2, -0.15) is 0 Å². The van der Waals surface area contributed by atoms with E-state index in [2.05, 4.69) is 0 Å². The summed E-state index contributed by atoms with van der Waals surface area (Å²) in [5.41, 5.74) is 0. The lowest BCUT2D eigenvalue weighted by Crippen LogP contribution is -2.62. The Balaban J connectivity index is 1.59. The third kappa shape index (κ3) is 6.17. The summed E-state index contributed by atoms with van der Waals surface area (Å²) >= 11 is 0. The zero-order valence-electron chi connectivity index (χ0n) is 20.2. The highest BCUT2D eigenvalue weighted by Gasteiger charge is 2.49. The Bertz CT molecular complexity index is 667. The van der Waals surface area contributed by atoms with Crippen LogP contribution in [0.4, 0.5) is 0 Å². The second kappa shape index (κ2) is 13.0. The summed E-state index contributed by atoms with van der Waals surface area (Å²) < 4.78 is 37.7. The minimum absolute atomic E-state index is 0.326. The van der Waals surface area contributed by atoms with Crippen molar-refractivity contribution in [1.82, 2.24) is 0 Å². The lowest BCUT2D eigenvalue weighted by atomic mass is 9.97. The molecule has 15 heteroatoms. The Labute approximate surface area is 207 Å². The number of aliphatic hydroxyl groups is 8. The number of methoxy groups -OCH3 is 2. The summed E-state index contributed by atoms with van der Waals surface area (Å²) in [6.45, 7) is 0.854. The number of hydrogen-bond donors (Lipinski definition) is 8. The molecular weight excluding hydrogens is 492 g/mol. The molecule has 0 radical (unpaired) electrons. The fourth-order valence-electron chi connectivity index (χ4n) is 4.45. The average molecular weight is 531 g/mol. The highest BCUT2D eigenvalue weighted by molar-refractivity contribution is 4.93. The Kier molecular flexibility index (Phi) is 10.8. The van der Waals surface area contributed by atoms with E-state index in [9.17, 15) is 40.9 Å². The largest absolute Gasteiger partial charge is 0.388 e. The van der Waals surface area contributed by atoms with Crippen molar-refractivity contribution < 1.29 is 74.0 Å². The molecule has 3 saturated heterocycles. The van der Waals surface area contributed by atoms with Crippen LogP contribution >= 0.6 is 0 Å². The lowest BCUT2D eigenvalue weighted by molar-refractivity contribution is -0.341. The van der Waals surface area contributed by atoms with Crippen molar-refractivity contribution in [2.75, 3.05) is 27.4 Å². The summed E-state index contributed by atoms with van der Waals surface area (Å²) in [7, 11) is 2.64. The van der Waals surface area contributed by atoms with Gasteiger partial charge in [0.25, 0.3) is 0 Å². The standard InChI is InChI=1S/C21H38O15/c1-4-7-10(22)13(25)16(28)19(34-7)32-5-8-11(23)14(26)17(29)20(35-8)33-6-9-12(24)15(27)18(30-2)21(31-3)36-9/h7-29H,4-6H2,1-3H3. The second-order valence-corrected chi connectivity index (χ2v) is 9.06. The molecule has 0 amide bonds. The number of aliphatic hydroxyl groups excluding tert-OH is 8. The number of ether oxygens (including phenoxy) is 7. The van der Waals surface area contributed by atoms with Gasteiger partial charge in [0.05, 0.1) is 19.3 Å². The average Bonchev–Trinajstić information content (AvgIpc) is 2.87. The van der Waals surface area contributed by atoms with E-state index >= 15 is 0 Å². The predicted molar refractivity (Wildman–Crippen MR) is 114 cm³/mol. The van der Waals surface area contributed by atoms with Crippen molar-refractivity contribution in [3.05, 3.63) is 0 Å². The van der Waals surface area contributed by atoms with Crippen molar-refractivity contribution in [1.29, 1.82) is 0 Å². The van der Waals surface area contributed by atoms with E-state index in [1.165, 1.54) is 14.2 Å². The first-order chi connectivity index (χ1) is 17.0. The summed E-state index contributed by atoms with van der Waals surface area (Å²) in [4.78, 5) is 0. The minimum atomic E-state index is -1.71. The van der Waals surface area contributed by atoms with Gasteiger partial charge in [0.1, 0.15) is 67.1 Å². The SMILES string of the molecule is CCC1OC(OCC2OC(OCC3OC(OC)C(OC)C(O)C3O)C(O)C(O)C2O)C(O)C(O)C1O. The maximum absolute atomic E-state index is 10.3. The normalized spacial score (nSPS) is 50.2. The molecule has 0 aliphatic carbocycles. The molecule has 15 atom stereocenters. The molecule has 3 aliphatic heterocycles. The first-order valence-electron chi connectivity index (χ1n) is 11.7. The van der Waals surface area contributed by atoms with Crippen molar-refractivity contribution in [2.45, 2.75) is 105 Å². The quantitative estimate of drug-likeness (QED) is 0.140. The summed E-state index contributed by atoms with van der Waals surface area (Å²) in [6, 6.07) is 0. The van der Waals surface area contributed by atoms with Crippen LogP contribution in [0.1, 0.15) is 13.3 Å². The minimum Gasteiger partial charge on any atom is -0.388 e. The molecule has 0 spiro atoms. The molecule has 15 unspecified atom stereocenters. The van der Waals surface area contributed by atoms with E-state index in [1.807, 2.05) is 0 Å². The molecule has 0 aromatic rings. The Morgan fingerprint density at radius 3 is 1.36 bits per heavy atom. The van der Waals surface area contributed by atoms with Gasteiger partial charge in [0.2, 0.25) is 0 Å². The van der Waals surface area contributed by atoms with Crippen LogP contribution in [0.2, 0.25) is 0 Å². The molecule has 36 heavy (non-hydrogen) atoms. The van der Waals surface area contributed by atoms with E-state index < -0.39 is 105 Å². The molecular formula is C21H38O15. The van der Waals surface area contributed by atoms with Gasteiger partial charge in [0.15, 0.2) is 18.9 Å². The molecule has 3 heterocycles. The Hall–Kier alpha value is -0.600. The number of rotatable bonds is 9. The predicted octanol–water partition coefficient (Wildman–Crippen LogP) is -4.85. The van der Waals surface area contributed by atoms with Crippen LogP contribution in [-0.4, -0.2) is 160 Å². The maximum Gasteiger partial charge on any atom is 0.186 e. The summed E-state index contributed by atoms with van der Waals surface area (Å²) in [6.07, 6.45) is -19.9. The third-order valence-corrected chi connectivity index (χ3v) is 6.74. The van der Waals surface area contributed by atoms with Crippen molar-refractivity contribution in [3.63, 3.8) is 0 Å². The molecule has 0 aromatic heterocycles. The van der Waals surface area contributed by atoms with Crippen LogP contribution in [0.25, 0.3) is 0 Å². The van der Waals surface area contributed by atoms with Crippen molar-refractivity contribution in [3.8, 4) is 0 Å². The summed E-state index contributed by atoms with van der Waals surface area (Å²) in [5, 5.41) is 81.7. The van der Waals surface area contributed by atoms with Crippen LogP contribution in [0.3, 0.4) is 0 Å². The Morgan fingerprint density at radius 1 is 0.500 bits per heavy atom. The second-order valence-electron chi connectivity index (χ2n) is 9.06. The van der Waals surface area contributed by atoms with Crippen LogP contribution in [0, 0.1) is 0 Å². The van der Waals surface area contributed by atoms with Crippen LogP contribution in [-0.2, 0) is 33.2 Å². The zero-order chi connectivity index (χ0) is 26.7. The Morgan fingerprint density at radius 2 is 0.917 bits per heavy atom. The van der Waals surface area contributed by atoms with Gasteiger partial charge in [-0.05, 0) is 6.42 Å². The van der Waals surface area contributed by atoms with E-state index in [0.717, 1.165) is 0 Å². The van der Waals surface area contributed by atoms with Gasteiger partial charge >= 0.3 is 0 Å². The van der Waals surface area contributed by atoms with Gasteiger partial charge < -0.3 is 74.0 Å². The molecule has 0 aromatic carbocycles. The van der Waals surface area contributed by atoms with Crippen LogP contribution in [0.5, 0.6) is 0 Å². The van der Waals surface area contributed by atoms with Crippen LogP contribution in [0.15, 0.2) is 0 Å². The number of hydrogen-bond acceptors (Lipinski definition) is 15. The topological polar surface area (TPSA) is 226 Å². The molecule has 8 N–H and O–H groups in total. The smallest absolute Gasteiger partial charge is 0.186 e. The molecule has 3 aliphatic rings. The zero-order valence-corrected chi connectivity index (χ0v) is 20.2. The molecule has 15 nitrogen and oxygen atoms in total. The van der Waals surface area contributed by atoms with Crippen LogP contribution < -0.4 is 0 Å². The highest BCUT2D eigenvalue weighted by atomic mass is 16.7. The lowest BCUT2D eigenvalue weighted by Gasteiger charge is -2.44. The van der Waals surface area contributed by atoms with Gasteiger partial charge in [-0.1, -0.05) is 6.92 Å². The van der Waals surface area contributed by atoms with E-state index in [4.69, 9.17) is 33.2 Å². The maximum atomic E-state index is 10.3. The van der Waals surface area contributed by atoms with Gasteiger partial charge in [0, 0.05) is 14.2 Å². The molecule has 0 saturated carbocycles. The van der Waals surface area contributed by atoms with E-state index in [1.54, 1.807) is 6.92 Å².